The maximum absolute atomic E-state index is 4.76. The summed E-state index contributed by atoms with van der Waals surface area (Å²) in [7, 11) is 2.04. The summed E-state index contributed by atoms with van der Waals surface area (Å²) in [6.07, 6.45) is 2.10. The molecule has 0 radical (unpaired) electrons. The van der Waals surface area contributed by atoms with E-state index in [9.17, 15) is 0 Å². The van der Waals surface area contributed by atoms with E-state index >= 15 is 0 Å². The van der Waals surface area contributed by atoms with Crippen LogP contribution in [0, 0.1) is 0 Å². The number of aromatic amines is 1. The summed E-state index contributed by atoms with van der Waals surface area (Å²) >= 11 is 0. The van der Waals surface area contributed by atoms with Crippen LogP contribution in [0.1, 0.15) is 41.5 Å². The van der Waals surface area contributed by atoms with Gasteiger partial charge in [0.2, 0.25) is 0 Å². The van der Waals surface area contributed by atoms with Gasteiger partial charge in [0.1, 0.15) is 0 Å². The van der Waals surface area contributed by atoms with Crippen molar-refractivity contribution >= 4 is 22.4 Å². The number of aromatic nitrogens is 3. The Bertz CT molecular complexity index is 887. The zero-order chi connectivity index (χ0) is 18.4. The fraction of sp³-hybridized carbons (Fsp3) is 0.450. The van der Waals surface area contributed by atoms with Crippen molar-refractivity contribution in [3.8, 4) is 11.5 Å². The van der Waals surface area contributed by atoms with Crippen molar-refractivity contribution in [3.05, 3.63) is 30.5 Å². The number of hydrogen-bond donors (Lipinski definition) is 3. The van der Waals surface area contributed by atoms with E-state index in [1.807, 2.05) is 7.05 Å². The smallest absolute Gasteiger partial charge is 0.155 e. The van der Waals surface area contributed by atoms with Crippen LogP contribution in [-0.4, -0.2) is 25.6 Å². The van der Waals surface area contributed by atoms with E-state index in [1.54, 1.807) is 0 Å². The Kier molecular flexibility index (Phi) is 4.06. The first kappa shape index (κ1) is 17.4. The molecule has 3 rings (SSSR count). The molecule has 0 atom stereocenters. The van der Waals surface area contributed by atoms with Gasteiger partial charge in [0.15, 0.2) is 5.82 Å². The molecule has 0 saturated heterocycles. The van der Waals surface area contributed by atoms with Crippen molar-refractivity contribution in [1.29, 1.82) is 0 Å². The highest BCUT2D eigenvalue weighted by molar-refractivity contribution is 5.82. The van der Waals surface area contributed by atoms with Crippen molar-refractivity contribution < 1.29 is 0 Å². The molecule has 0 fully saturated rings. The number of rotatable bonds is 3. The molecule has 0 bridgehead atoms. The molecule has 134 valence electrons. The van der Waals surface area contributed by atoms with Gasteiger partial charge in [-0.05, 0) is 65.8 Å². The van der Waals surface area contributed by atoms with Crippen LogP contribution in [0.3, 0.4) is 0 Å². The van der Waals surface area contributed by atoms with Crippen LogP contribution < -0.4 is 10.6 Å². The number of imidazole rings is 1. The van der Waals surface area contributed by atoms with Crippen LogP contribution in [0.4, 0.5) is 11.4 Å². The Morgan fingerprint density at radius 3 is 2.20 bits per heavy atom. The maximum atomic E-state index is 4.76. The minimum absolute atomic E-state index is 0.0278. The number of benzene rings is 1. The molecule has 0 spiro atoms. The third kappa shape index (κ3) is 4.16. The normalized spacial score (nSPS) is 12.6. The van der Waals surface area contributed by atoms with Gasteiger partial charge in [0, 0.05) is 30.0 Å². The molecule has 0 aliphatic rings. The van der Waals surface area contributed by atoms with Crippen molar-refractivity contribution in [2.24, 2.45) is 7.05 Å². The Labute approximate surface area is 149 Å². The van der Waals surface area contributed by atoms with Gasteiger partial charge in [0.25, 0.3) is 0 Å². The van der Waals surface area contributed by atoms with E-state index < -0.39 is 0 Å². The molecule has 0 unspecified atom stereocenters. The van der Waals surface area contributed by atoms with Gasteiger partial charge in [-0.2, -0.15) is 0 Å². The monoisotopic (exact) mass is 339 g/mol. The van der Waals surface area contributed by atoms with Crippen LogP contribution in [-0.2, 0) is 7.05 Å². The highest BCUT2D eigenvalue weighted by Crippen LogP contribution is 2.27. The number of nitrogens with zero attached hydrogens (tertiary/aromatic N) is 2. The van der Waals surface area contributed by atoms with Crippen LogP contribution in [0.2, 0.25) is 0 Å². The predicted molar refractivity (Wildman–Crippen MR) is 107 cm³/mol. The molecule has 0 saturated carbocycles. The number of anilines is 2. The third-order valence-electron chi connectivity index (χ3n) is 3.77. The van der Waals surface area contributed by atoms with Crippen molar-refractivity contribution in [1.82, 2.24) is 14.5 Å². The first-order chi connectivity index (χ1) is 11.5. The van der Waals surface area contributed by atoms with Crippen molar-refractivity contribution in [2.45, 2.75) is 52.6 Å². The van der Waals surface area contributed by atoms with Gasteiger partial charge < -0.3 is 20.2 Å². The Morgan fingerprint density at radius 1 is 0.920 bits per heavy atom. The van der Waals surface area contributed by atoms with Gasteiger partial charge in [-0.15, -0.1) is 0 Å². The molecule has 3 aromatic rings. The Balaban J connectivity index is 1.94. The highest BCUT2D eigenvalue weighted by Gasteiger charge is 2.15. The molecule has 1 aromatic carbocycles. The summed E-state index contributed by atoms with van der Waals surface area (Å²) in [5, 5.41) is 7.01. The van der Waals surface area contributed by atoms with E-state index in [2.05, 4.69) is 92.2 Å². The summed E-state index contributed by atoms with van der Waals surface area (Å²) in [4.78, 5) is 8.21. The highest BCUT2D eigenvalue weighted by atomic mass is 15.1. The summed E-state index contributed by atoms with van der Waals surface area (Å²) < 4.78 is 2.10. The van der Waals surface area contributed by atoms with Gasteiger partial charge in [-0.1, -0.05) is 0 Å². The predicted octanol–water partition coefficient (Wildman–Crippen LogP) is 4.99. The number of hydrogen-bond acceptors (Lipinski definition) is 3. The van der Waals surface area contributed by atoms with Gasteiger partial charge in [-0.3, -0.25) is 0 Å². The van der Waals surface area contributed by atoms with E-state index in [1.165, 1.54) is 0 Å². The van der Waals surface area contributed by atoms with Crippen molar-refractivity contribution in [2.75, 3.05) is 10.6 Å². The largest absolute Gasteiger partial charge is 0.380 e. The number of fused-ring (bicyclic) bond motifs is 1. The second-order valence-electron chi connectivity index (χ2n) is 8.79. The van der Waals surface area contributed by atoms with Gasteiger partial charge in [0.05, 0.1) is 22.4 Å². The minimum atomic E-state index is 0.0278. The third-order valence-corrected chi connectivity index (χ3v) is 3.77. The van der Waals surface area contributed by atoms with E-state index in [0.29, 0.717) is 0 Å². The van der Waals surface area contributed by atoms with Gasteiger partial charge in [-0.25, -0.2) is 4.98 Å². The quantitative estimate of drug-likeness (QED) is 0.630. The first-order valence-corrected chi connectivity index (χ1v) is 8.73. The molecule has 3 N–H and O–H groups in total. The molecule has 5 heteroatoms. The topological polar surface area (TPSA) is 57.7 Å². The Morgan fingerprint density at radius 2 is 1.56 bits per heavy atom. The standard InChI is InChI=1S/C20H29N5/c1-19(2,3)23-13-8-9-15-16(10-13)22-18(21-15)17-11-14(12-25(17)7)24-20(4,5)6/h8-12,23-24H,1-7H3,(H,21,22). The second-order valence-corrected chi connectivity index (χ2v) is 8.79. The Hall–Kier alpha value is -2.43. The summed E-state index contributed by atoms with van der Waals surface area (Å²) in [5.74, 6) is 0.882. The molecule has 0 amide bonds. The molecule has 5 nitrogen and oxygen atoms in total. The van der Waals surface area contributed by atoms with Crippen molar-refractivity contribution in [3.63, 3.8) is 0 Å². The molecule has 0 aliphatic heterocycles. The van der Waals surface area contributed by atoms with Gasteiger partial charge >= 0.3 is 0 Å². The molecule has 25 heavy (non-hydrogen) atoms. The summed E-state index contributed by atoms with van der Waals surface area (Å²) in [6, 6.07) is 8.39. The maximum Gasteiger partial charge on any atom is 0.155 e. The lowest BCUT2D eigenvalue weighted by atomic mass is 10.1. The lowest BCUT2D eigenvalue weighted by Crippen LogP contribution is -2.25. The molecular formula is C20H29N5. The minimum Gasteiger partial charge on any atom is -0.380 e. The molecule has 2 aromatic heterocycles. The van der Waals surface area contributed by atoms with Crippen LogP contribution in [0.25, 0.3) is 22.6 Å². The average molecular weight is 339 g/mol. The second kappa shape index (κ2) is 5.83. The summed E-state index contributed by atoms with van der Waals surface area (Å²) in [6.45, 7) is 12.9. The zero-order valence-corrected chi connectivity index (χ0v) is 16.3. The fourth-order valence-electron chi connectivity index (χ4n) is 2.94. The molecular weight excluding hydrogens is 310 g/mol. The molecule has 2 heterocycles. The molecule has 0 aliphatic carbocycles. The van der Waals surface area contributed by atoms with E-state index in [-0.39, 0.29) is 11.1 Å². The zero-order valence-electron chi connectivity index (χ0n) is 16.3. The van der Waals surface area contributed by atoms with Crippen LogP contribution in [0.5, 0.6) is 0 Å². The fourth-order valence-corrected chi connectivity index (χ4v) is 2.94. The van der Waals surface area contributed by atoms with E-state index in [4.69, 9.17) is 4.98 Å². The number of aryl methyl sites for hydroxylation is 1. The number of H-pyrrole nitrogens is 1. The van der Waals surface area contributed by atoms with E-state index in [0.717, 1.165) is 33.9 Å². The first-order valence-electron chi connectivity index (χ1n) is 8.73. The average Bonchev–Trinajstić information content (AvgIpc) is 2.97. The summed E-state index contributed by atoms with van der Waals surface area (Å²) in [5.41, 5.74) is 5.32. The lowest BCUT2D eigenvalue weighted by molar-refractivity contribution is 0.633. The SMILES string of the molecule is Cn1cc(NC(C)(C)C)cc1-c1nc2ccc(NC(C)(C)C)cc2[nH]1. The lowest BCUT2D eigenvalue weighted by Gasteiger charge is -2.21. The number of nitrogens with one attached hydrogen (secondary N) is 3. The van der Waals surface area contributed by atoms with Crippen LogP contribution in [0.15, 0.2) is 30.5 Å². The van der Waals surface area contributed by atoms with Crippen LogP contribution >= 0.6 is 0 Å².